The van der Waals surface area contributed by atoms with Crippen molar-refractivity contribution >= 4 is 0 Å². The maximum atomic E-state index is 7.88. The van der Waals surface area contributed by atoms with Gasteiger partial charge in [-0.2, -0.15) is 0 Å². The minimum absolute atomic E-state index is 0. The summed E-state index contributed by atoms with van der Waals surface area (Å²) in [6.45, 7) is 2.25. The smallest absolute Gasteiger partial charge is 0.0428 e. The van der Waals surface area contributed by atoms with Gasteiger partial charge in [0, 0.05) is 26.1 Å². The maximum absolute atomic E-state index is 7.88. The molecule has 28 valence electrons. The second kappa shape index (κ2) is 8.82. The van der Waals surface area contributed by atoms with Crippen LogP contribution in [0.5, 0.6) is 0 Å². The van der Waals surface area contributed by atoms with Crippen molar-refractivity contribution in [1.29, 1.82) is 0 Å². The normalized spacial score (nSPS) is 6.00. The van der Waals surface area contributed by atoms with Crippen molar-refractivity contribution in [2.24, 2.45) is 0 Å². The summed E-state index contributed by atoms with van der Waals surface area (Å²) >= 11 is 0. The van der Waals surface area contributed by atoms with Gasteiger partial charge in [-0.1, -0.05) is 6.92 Å². The molecule has 0 aliphatic heterocycles. The van der Waals surface area contributed by atoms with E-state index in [1.54, 1.807) is 0 Å². The monoisotopic (exact) mass is 124 g/mol. The van der Waals surface area contributed by atoms with Crippen LogP contribution in [-0.2, 0) is 19.5 Å². The van der Waals surface area contributed by atoms with E-state index in [9.17, 15) is 0 Å². The third-order valence-corrected chi connectivity index (χ3v) is 0.224. The molecule has 0 atom stereocenters. The predicted molar refractivity (Wildman–Crippen MR) is 17.4 cm³/mol. The van der Waals surface area contributed by atoms with Crippen LogP contribution in [0.1, 0.15) is 13.3 Å². The first kappa shape index (κ1) is 9.13. The van der Waals surface area contributed by atoms with Crippen molar-refractivity contribution in [3.8, 4) is 0 Å². The van der Waals surface area contributed by atoms with Gasteiger partial charge in [0.2, 0.25) is 0 Å². The Morgan fingerprint density at radius 2 is 1.80 bits per heavy atom. The predicted octanol–water partition coefficient (Wildman–Crippen LogP) is 0.386. The Labute approximate surface area is 45.1 Å². The maximum Gasteiger partial charge on any atom is 0.0428 e. The molecule has 0 saturated heterocycles. The standard InChI is InChI=1S/C3H8O.Zn/c1-2-3-4;/h4H,2-3H2,1H3;. The van der Waals surface area contributed by atoms with Gasteiger partial charge in [-0.15, -0.1) is 0 Å². The average Bonchev–Trinajstić information content (AvgIpc) is 1.37. The molecule has 0 fully saturated rings. The third-order valence-electron chi connectivity index (χ3n) is 0.224. The molecule has 0 aliphatic rings. The van der Waals surface area contributed by atoms with Gasteiger partial charge >= 0.3 is 0 Å². The summed E-state index contributed by atoms with van der Waals surface area (Å²) in [5, 5.41) is 7.88. The SMILES string of the molecule is CCCO.[Zn]. The average molecular weight is 125 g/mol. The molecule has 0 rings (SSSR count). The van der Waals surface area contributed by atoms with Gasteiger partial charge < -0.3 is 5.11 Å². The Hall–Kier alpha value is 0.583. The zero-order chi connectivity index (χ0) is 3.41. The topological polar surface area (TPSA) is 20.2 Å². The van der Waals surface area contributed by atoms with Crippen molar-refractivity contribution in [1.82, 2.24) is 0 Å². The van der Waals surface area contributed by atoms with Crippen LogP contribution < -0.4 is 0 Å². The molecule has 0 amide bonds. The quantitative estimate of drug-likeness (QED) is 0.503. The molecule has 1 N–H and O–H groups in total. The Balaban J connectivity index is 0. The van der Waals surface area contributed by atoms with E-state index in [0.717, 1.165) is 6.42 Å². The largest absolute Gasteiger partial charge is 0.396 e. The van der Waals surface area contributed by atoms with Crippen LogP contribution in [0.25, 0.3) is 0 Å². The van der Waals surface area contributed by atoms with Crippen LogP contribution in [0.15, 0.2) is 0 Å². The Kier molecular flexibility index (Phi) is 16.1. The second-order valence-electron chi connectivity index (χ2n) is 0.724. The van der Waals surface area contributed by atoms with Crippen LogP contribution >= 0.6 is 0 Å². The summed E-state index contributed by atoms with van der Waals surface area (Å²) in [4.78, 5) is 0. The van der Waals surface area contributed by atoms with Crippen LogP contribution in [0.3, 0.4) is 0 Å². The van der Waals surface area contributed by atoms with Crippen molar-refractivity contribution in [2.45, 2.75) is 13.3 Å². The van der Waals surface area contributed by atoms with Gasteiger partial charge in [-0.05, 0) is 6.42 Å². The van der Waals surface area contributed by atoms with Crippen LogP contribution in [0.2, 0.25) is 0 Å². The molecular weight excluding hydrogens is 117 g/mol. The van der Waals surface area contributed by atoms with Crippen molar-refractivity contribution in [3.05, 3.63) is 0 Å². The zero-order valence-electron chi connectivity index (χ0n) is 3.57. The van der Waals surface area contributed by atoms with Crippen molar-refractivity contribution in [2.75, 3.05) is 6.61 Å². The fraction of sp³-hybridized carbons (Fsp3) is 1.00. The first-order valence-corrected chi connectivity index (χ1v) is 1.52. The van der Waals surface area contributed by atoms with E-state index in [4.69, 9.17) is 5.11 Å². The third kappa shape index (κ3) is 12.2. The van der Waals surface area contributed by atoms with E-state index < -0.39 is 0 Å². The molecule has 0 aliphatic carbocycles. The van der Waals surface area contributed by atoms with Gasteiger partial charge in [0.05, 0.1) is 0 Å². The van der Waals surface area contributed by atoms with E-state index in [1.165, 1.54) is 0 Å². The molecule has 0 heterocycles. The van der Waals surface area contributed by atoms with Gasteiger partial charge in [0.1, 0.15) is 0 Å². The molecule has 2 heteroatoms. The Morgan fingerprint density at radius 1 is 1.60 bits per heavy atom. The van der Waals surface area contributed by atoms with Crippen LogP contribution in [-0.4, -0.2) is 11.7 Å². The minimum Gasteiger partial charge on any atom is -0.396 e. The molecule has 0 aromatic rings. The number of rotatable bonds is 1. The number of hydrogen-bond donors (Lipinski definition) is 1. The van der Waals surface area contributed by atoms with Gasteiger partial charge in [-0.25, -0.2) is 0 Å². The molecule has 0 bridgehead atoms. The van der Waals surface area contributed by atoms with Gasteiger partial charge in [-0.3, -0.25) is 0 Å². The Morgan fingerprint density at radius 3 is 1.80 bits per heavy atom. The molecular formula is C3H8OZn. The van der Waals surface area contributed by atoms with Crippen molar-refractivity contribution < 1.29 is 24.6 Å². The molecule has 5 heavy (non-hydrogen) atoms. The molecule has 0 radical (unpaired) electrons. The first-order valence-electron chi connectivity index (χ1n) is 1.52. The second-order valence-corrected chi connectivity index (χ2v) is 0.724. The van der Waals surface area contributed by atoms with E-state index in [0.29, 0.717) is 6.61 Å². The molecule has 0 aromatic carbocycles. The minimum atomic E-state index is 0. The van der Waals surface area contributed by atoms with E-state index >= 15 is 0 Å². The first-order chi connectivity index (χ1) is 1.91. The molecule has 0 unspecified atom stereocenters. The summed E-state index contributed by atoms with van der Waals surface area (Å²) in [6.07, 6.45) is 0.875. The fourth-order valence-corrected chi connectivity index (χ4v) is 0. The van der Waals surface area contributed by atoms with E-state index in [-0.39, 0.29) is 19.5 Å². The Bertz CT molecular complexity index is 8.85. The summed E-state index contributed by atoms with van der Waals surface area (Å²) in [5.41, 5.74) is 0. The number of hydrogen-bond acceptors (Lipinski definition) is 1. The summed E-state index contributed by atoms with van der Waals surface area (Å²) in [5.74, 6) is 0. The zero-order valence-corrected chi connectivity index (χ0v) is 6.54. The van der Waals surface area contributed by atoms with Crippen LogP contribution in [0, 0.1) is 0 Å². The molecule has 1 nitrogen and oxygen atoms in total. The number of aliphatic hydroxyl groups excluding tert-OH is 1. The molecule has 0 aromatic heterocycles. The summed E-state index contributed by atoms with van der Waals surface area (Å²) in [6, 6.07) is 0. The van der Waals surface area contributed by atoms with Gasteiger partial charge in [0.25, 0.3) is 0 Å². The molecule has 0 spiro atoms. The van der Waals surface area contributed by atoms with E-state index in [2.05, 4.69) is 0 Å². The molecule has 0 saturated carbocycles. The fourth-order valence-electron chi connectivity index (χ4n) is 0. The van der Waals surface area contributed by atoms with E-state index in [1.807, 2.05) is 6.92 Å². The van der Waals surface area contributed by atoms with Crippen molar-refractivity contribution in [3.63, 3.8) is 0 Å². The summed E-state index contributed by atoms with van der Waals surface area (Å²) < 4.78 is 0. The van der Waals surface area contributed by atoms with Gasteiger partial charge in [0.15, 0.2) is 0 Å². The summed E-state index contributed by atoms with van der Waals surface area (Å²) in [7, 11) is 0. The van der Waals surface area contributed by atoms with Crippen LogP contribution in [0.4, 0.5) is 0 Å². The number of aliphatic hydroxyl groups is 1.